The Hall–Kier alpha value is -2.50. The number of hydrogen-bond acceptors (Lipinski definition) is 4. The number of amides is 2. The van der Waals surface area contributed by atoms with Crippen molar-refractivity contribution >= 4 is 17.6 Å². The summed E-state index contributed by atoms with van der Waals surface area (Å²) in [6, 6.07) is 8.22. The van der Waals surface area contributed by atoms with Crippen molar-refractivity contribution in [1.29, 1.82) is 0 Å². The number of nitrogens with one attached hydrogen (secondary N) is 2. The molecule has 1 aromatic heterocycles. The van der Waals surface area contributed by atoms with Gasteiger partial charge in [-0.15, -0.1) is 0 Å². The maximum Gasteiger partial charge on any atom is 0.326 e. The molecular formula is C11H11N3O3. The third kappa shape index (κ3) is 2.75. The monoisotopic (exact) mass is 233 g/mol. The lowest BCUT2D eigenvalue weighted by molar-refractivity contribution is 0.261. The Kier molecular flexibility index (Phi) is 3.25. The number of benzene rings is 1. The fraction of sp³-hybridized carbons (Fsp3) is 0.0909. The van der Waals surface area contributed by atoms with Crippen LogP contribution in [-0.4, -0.2) is 18.3 Å². The van der Waals surface area contributed by atoms with E-state index in [4.69, 9.17) is 9.26 Å². The molecule has 0 aliphatic heterocycles. The zero-order chi connectivity index (χ0) is 12.1. The number of para-hydroxylation sites is 2. The van der Waals surface area contributed by atoms with Crippen LogP contribution in [0.3, 0.4) is 0 Å². The quantitative estimate of drug-likeness (QED) is 0.852. The summed E-state index contributed by atoms with van der Waals surface area (Å²) in [4.78, 5) is 11.6. The highest BCUT2D eigenvalue weighted by Crippen LogP contribution is 2.23. The molecule has 17 heavy (non-hydrogen) atoms. The topological polar surface area (TPSA) is 76.4 Å². The molecule has 0 spiro atoms. The minimum atomic E-state index is -0.425. The maximum atomic E-state index is 11.6. The second-order valence-corrected chi connectivity index (χ2v) is 3.16. The van der Waals surface area contributed by atoms with E-state index >= 15 is 0 Å². The second kappa shape index (κ2) is 5.02. The van der Waals surface area contributed by atoms with Crippen molar-refractivity contribution in [2.75, 3.05) is 17.7 Å². The third-order valence-corrected chi connectivity index (χ3v) is 2.03. The van der Waals surface area contributed by atoms with Gasteiger partial charge in [-0.1, -0.05) is 17.3 Å². The van der Waals surface area contributed by atoms with Crippen LogP contribution in [0.2, 0.25) is 0 Å². The van der Waals surface area contributed by atoms with Crippen LogP contribution in [0.4, 0.5) is 16.4 Å². The lowest BCUT2D eigenvalue weighted by atomic mass is 10.3. The molecule has 6 heteroatoms. The fourth-order valence-electron chi connectivity index (χ4n) is 1.29. The number of carbonyl (C=O) groups is 1. The van der Waals surface area contributed by atoms with Gasteiger partial charge in [-0.25, -0.2) is 4.79 Å². The summed E-state index contributed by atoms with van der Waals surface area (Å²) >= 11 is 0. The van der Waals surface area contributed by atoms with Crippen LogP contribution in [0.25, 0.3) is 0 Å². The minimum Gasteiger partial charge on any atom is -0.495 e. The highest BCUT2D eigenvalue weighted by molar-refractivity contribution is 5.99. The predicted octanol–water partition coefficient (Wildman–Crippen LogP) is 2.33. The van der Waals surface area contributed by atoms with Crippen LogP contribution in [0.15, 0.2) is 41.1 Å². The minimum absolute atomic E-state index is 0.275. The van der Waals surface area contributed by atoms with Gasteiger partial charge in [-0.3, -0.25) is 5.32 Å². The standard InChI is InChI=1S/C11H11N3O3/c1-16-9-5-3-2-4-8(9)13-11(15)14-10-6-7-12-17-10/h2-7H,1H3,(H2,13,14,15). The van der Waals surface area contributed by atoms with E-state index < -0.39 is 6.03 Å². The van der Waals surface area contributed by atoms with Crippen molar-refractivity contribution in [2.24, 2.45) is 0 Å². The zero-order valence-corrected chi connectivity index (χ0v) is 9.14. The van der Waals surface area contributed by atoms with Crippen molar-refractivity contribution in [3.05, 3.63) is 36.5 Å². The first-order valence-corrected chi connectivity index (χ1v) is 4.91. The van der Waals surface area contributed by atoms with Gasteiger partial charge in [0.25, 0.3) is 0 Å². The maximum absolute atomic E-state index is 11.6. The van der Waals surface area contributed by atoms with Gasteiger partial charge >= 0.3 is 6.03 Å². The van der Waals surface area contributed by atoms with Gasteiger partial charge in [0, 0.05) is 6.07 Å². The number of rotatable bonds is 3. The lowest BCUT2D eigenvalue weighted by Crippen LogP contribution is -2.19. The number of aromatic nitrogens is 1. The molecule has 6 nitrogen and oxygen atoms in total. The smallest absolute Gasteiger partial charge is 0.326 e. The Morgan fingerprint density at radius 1 is 1.29 bits per heavy atom. The van der Waals surface area contributed by atoms with Gasteiger partial charge in [-0.05, 0) is 12.1 Å². The zero-order valence-electron chi connectivity index (χ0n) is 9.14. The third-order valence-electron chi connectivity index (χ3n) is 2.03. The molecule has 2 N–H and O–H groups in total. The molecule has 2 aromatic rings. The average Bonchev–Trinajstić information content (AvgIpc) is 2.82. The summed E-state index contributed by atoms with van der Waals surface area (Å²) in [5.41, 5.74) is 0.576. The Morgan fingerprint density at radius 3 is 2.82 bits per heavy atom. The molecule has 2 amide bonds. The van der Waals surface area contributed by atoms with E-state index in [-0.39, 0.29) is 5.88 Å². The van der Waals surface area contributed by atoms with E-state index in [0.29, 0.717) is 11.4 Å². The Balaban J connectivity index is 2.03. The van der Waals surface area contributed by atoms with Crippen molar-refractivity contribution in [3.8, 4) is 5.75 Å². The van der Waals surface area contributed by atoms with E-state index in [1.54, 1.807) is 24.3 Å². The molecule has 88 valence electrons. The van der Waals surface area contributed by atoms with Crippen LogP contribution in [0.5, 0.6) is 5.75 Å². The normalized spacial score (nSPS) is 9.71. The van der Waals surface area contributed by atoms with E-state index in [0.717, 1.165) is 0 Å². The van der Waals surface area contributed by atoms with Crippen LogP contribution in [0.1, 0.15) is 0 Å². The molecule has 0 unspecified atom stereocenters. The molecule has 1 aromatic carbocycles. The molecule has 0 aliphatic carbocycles. The molecular weight excluding hydrogens is 222 g/mol. The molecule has 0 fully saturated rings. The lowest BCUT2D eigenvalue weighted by Gasteiger charge is -2.09. The van der Waals surface area contributed by atoms with Crippen LogP contribution in [-0.2, 0) is 0 Å². The number of carbonyl (C=O) groups excluding carboxylic acids is 1. The largest absolute Gasteiger partial charge is 0.495 e. The molecule has 2 rings (SSSR count). The number of anilines is 2. The summed E-state index contributed by atoms with van der Waals surface area (Å²) < 4.78 is 9.85. The number of hydrogen-bond donors (Lipinski definition) is 2. The Bertz CT molecular complexity index is 496. The van der Waals surface area contributed by atoms with Crippen molar-refractivity contribution in [3.63, 3.8) is 0 Å². The highest BCUT2D eigenvalue weighted by Gasteiger charge is 2.07. The molecule has 0 saturated heterocycles. The van der Waals surface area contributed by atoms with E-state index in [9.17, 15) is 4.79 Å². The first-order valence-electron chi connectivity index (χ1n) is 4.91. The van der Waals surface area contributed by atoms with Crippen molar-refractivity contribution < 1.29 is 14.1 Å². The van der Waals surface area contributed by atoms with E-state index in [2.05, 4.69) is 15.8 Å². The number of urea groups is 1. The first-order chi connectivity index (χ1) is 8.29. The van der Waals surface area contributed by atoms with Gasteiger partial charge in [0.05, 0.1) is 19.0 Å². The SMILES string of the molecule is COc1ccccc1NC(=O)Nc1ccno1. The number of methoxy groups -OCH3 is 1. The van der Waals surface area contributed by atoms with Crippen LogP contribution >= 0.6 is 0 Å². The summed E-state index contributed by atoms with van der Waals surface area (Å²) in [6.45, 7) is 0. The van der Waals surface area contributed by atoms with Crippen molar-refractivity contribution in [1.82, 2.24) is 5.16 Å². The van der Waals surface area contributed by atoms with Crippen LogP contribution in [0, 0.1) is 0 Å². The van der Waals surface area contributed by atoms with Gasteiger partial charge in [0.15, 0.2) is 0 Å². The fourth-order valence-corrected chi connectivity index (χ4v) is 1.29. The highest BCUT2D eigenvalue weighted by atomic mass is 16.5. The van der Waals surface area contributed by atoms with Gasteiger partial charge in [-0.2, -0.15) is 0 Å². The van der Waals surface area contributed by atoms with E-state index in [1.807, 2.05) is 6.07 Å². The summed E-state index contributed by atoms with van der Waals surface area (Å²) in [5.74, 6) is 0.859. The second-order valence-electron chi connectivity index (χ2n) is 3.16. The molecule has 1 heterocycles. The number of ether oxygens (including phenoxy) is 1. The van der Waals surface area contributed by atoms with E-state index in [1.165, 1.54) is 13.3 Å². The molecule has 0 aliphatic rings. The molecule has 0 atom stereocenters. The Morgan fingerprint density at radius 2 is 2.12 bits per heavy atom. The average molecular weight is 233 g/mol. The summed E-state index contributed by atoms with van der Waals surface area (Å²) in [5, 5.41) is 8.60. The number of nitrogens with zero attached hydrogens (tertiary/aromatic N) is 1. The van der Waals surface area contributed by atoms with Crippen molar-refractivity contribution in [2.45, 2.75) is 0 Å². The predicted molar refractivity (Wildman–Crippen MR) is 62.1 cm³/mol. The van der Waals surface area contributed by atoms with Gasteiger partial charge in [0.2, 0.25) is 5.88 Å². The summed E-state index contributed by atoms with van der Waals surface area (Å²) in [7, 11) is 1.54. The van der Waals surface area contributed by atoms with Gasteiger partial charge in [0.1, 0.15) is 5.75 Å². The molecule has 0 saturated carbocycles. The van der Waals surface area contributed by atoms with Crippen LogP contribution < -0.4 is 15.4 Å². The first kappa shape index (κ1) is 11.0. The Labute approximate surface area is 97.6 Å². The van der Waals surface area contributed by atoms with Gasteiger partial charge < -0.3 is 14.6 Å². The molecule has 0 bridgehead atoms. The summed E-state index contributed by atoms with van der Waals surface area (Å²) in [6.07, 6.45) is 1.44. The molecule has 0 radical (unpaired) electrons.